The Bertz CT molecular complexity index is 535. The number of carbonyl (C=O) groups is 2. The molecule has 1 aromatic carbocycles. The van der Waals surface area contributed by atoms with E-state index in [9.17, 15) is 14.7 Å². The van der Waals surface area contributed by atoms with E-state index in [1.54, 1.807) is 0 Å². The molecule has 0 radical (unpaired) electrons. The van der Waals surface area contributed by atoms with Crippen LogP contribution in [-0.4, -0.2) is 36.7 Å². The van der Waals surface area contributed by atoms with Gasteiger partial charge < -0.3 is 15.2 Å². The van der Waals surface area contributed by atoms with Gasteiger partial charge in [-0.05, 0) is 24.3 Å². The smallest absolute Gasteiger partial charge is 0.311 e. The van der Waals surface area contributed by atoms with E-state index in [4.69, 9.17) is 4.74 Å². The molecule has 2 N–H and O–H groups in total. The molecule has 0 aliphatic carbocycles. The molecule has 0 bridgehead atoms. The first-order chi connectivity index (χ1) is 11.0. The lowest BCUT2D eigenvalue weighted by molar-refractivity contribution is -0.154. The SMILES string of the molecule is CC(C)C(C(=O)NCC1(C(=O)O)CCOCC1)c1ccccc1. The van der Waals surface area contributed by atoms with Gasteiger partial charge in [0.25, 0.3) is 0 Å². The van der Waals surface area contributed by atoms with Gasteiger partial charge in [0.15, 0.2) is 0 Å². The van der Waals surface area contributed by atoms with Crippen LogP contribution in [0.4, 0.5) is 0 Å². The number of nitrogens with one attached hydrogen (secondary N) is 1. The molecule has 1 aliphatic heterocycles. The van der Waals surface area contributed by atoms with Crippen LogP contribution in [0.25, 0.3) is 0 Å². The standard InChI is InChI=1S/C18H25NO4/c1-13(2)15(14-6-4-3-5-7-14)16(20)19-12-18(17(21)22)8-10-23-11-9-18/h3-7,13,15H,8-12H2,1-2H3,(H,19,20)(H,21,22). The van der Waals surface area contributed by atoms with Crippen molar-refractivity contribution in [1.82, 2.24) is 5.32 Å². The summed E-state index contributed by atoms with van der Waals surface area (Å²) in [5.74, 6) is -1.12. The van der Waals surface area contributed by atoms with E-state index >= 15 is 0 Å². The van der Waals surface area contributed by atoms with Gasteiger partial charge in [-0.1, -0.05) is 44.2 Å². The zero-order valence-corrected chi connectivity index (χ0v) is 13.7. The van der Waals surface area contributed by atoms with Crippen molar-refractivity contribution >= 4 is 11.9 Å². The van der Waals surface area contributed by atoms with Crippen LogP contribution in [0.5, 0.6) is 0 Å². The van der Waals surface area contributed by atoms with Crippen molar-refractivity contribution in [2.24, 2.45) is 11.3 Å². The van der Waals surface area contributed by atoms with Crippen molar-refractivity contribution in [3.8, 4) is 0 Å². The summed E-state index contributed by atoms with van der Waals surface area (Å²) in [6, 6.07) is 9.61. The summed E-state index contributed by atoms with van der Waals surface area (Å²) in [6.45, 7) is 5.00. The second-order valence-corrected chi connectivity index (χ2v) is 6.55. The molecule has 0 aromatic heterocycles. The molecule has 1 aromatic rings. The maximum atomic E-state index is 12.7. The molecule has 1 fully saturated rings. The van der Waals surface area contributed by atoms with Gasteiger partial charge in [0.2, 0.25) is 5.91 Å². The molecule has 1 amide bonds. The van der Waals surface area contributed by atoms with Crippen molar-refractivity contribution in [1.29, 1.82) is 0 Å². The van der Waals surface area contributed by atoms with Crippen LogP contribution in [0.2, 0.25) is 0 Å². The molecule has 1 unspecified atom stereocenters. The minimum Gasteiger partial charge on any atom is -0.481 e. The average molecular weight is 319 g/mol. The summed E-state index contributed by atoms with van der Waals surface area (Å²) < 4.78 is 5.26. The van der Waals surface area contributed by atoms with E-state index < -0.39 is 11.4 Å². The number of amides is 1. The maximum absolute atomic E-state index is 12.7. The third-order valence-electron chi connectivity index (χ3n) is 4.61. The molecule has 5 nitrogen and oxygen atoms in total. The summed E-state index contributed by atoms with van der Waals surface area (Å²) >= 11 is 0. The minimum absolute atomic E-state index is 0.113. The van der Waals surface area contributed by atoms with E-state index in [2.05, 4.69) is 5.32 Å². The summed E-state index contributed by atoms with van der Waals surface area (Å²) in [6.07, 6.45) is 0.862. The first-order valence-electron chi connectivity index (χ1n) is 8.10. The van der Waals surface area contributed by atoms with Gasteiger partial charge >= 0.3 is 5.97 Å². The van der Waals surface area contributed by atoms with Crippen LogP contribution < -0.4 is 5.32 Å². The highest BCUT2D eigenvalue weighted by Gasteiger charge is 2.41. The van der Waals surface area contributed by atoms with Crippen LogP contribution in [0.3, 0.4) is 0 Å². The normalized spacial score (nSPS) is 18.4. The Kier molecular flexibility index (Phi) is 5.77. The van der Waals surface area contributed by atoms with Crippen molar-refractivity contribution < 1.29 is 19.4 Å². The van der Waals surface area contributed by atoms with Gasteiger partial charge in [-0.2, -0.15) is 0 Å². The fourth-order valence-corrected chi connectivity index (χ4v) is 3.09. The van der Waals surface area contributed by atoms with E-state index in [-0.39, 0.29) is 24.3 Å². The van der Waals surface area contributed by atoms with Gasteiger partial charge in [0.1, 0.15) is 0 Å². The van der Waals surface area contributed by atoms with E-state index in [1.165, 1.54) is 0 Å². The zero-order chi connectivity index (χ0) is 16.9. The third kappa shape index (κ3) is 4.10. The van der Waals surface area contributed by atoms with Crippen molar-refractivity contribution in [3.63, 3.8) is 0 Å². The molecule has 1 heterocycles. The van der Waals surface area contributed by atoms with Crippen LogP contribution in [-0.2, 0) is 14.3 Å². The highest BCUT2D eigenvalue weighted by Crippen LogP contribution is 2.31. The first-order valence-corrected chi connectivity index (χ1v) is 8.10. The number of carbonyl (C=O) groups excluding carboxylic acids is 1. The molecule has 23 heavy (non-hydrogen) atoms. The largest absolute Gasteiger partial charge is 0.481 e. The molecule has 1 atom stereocenters. The van der Waals surface area contributed by atoms with E-state index in [0.29, 0.717) is 26.1 Å². The minimum atomic E-state index is -0.911. The number of carboxylic acid groups (broad SMARTS) is 1. The van der Waals surface area contributed by atoms with Crippen LogP contribution in [0.15, 0.2) is 30.3 Å². The number of carboxylic acids is 1. The Hall–Kier alpha value is -1.88. The van der Waals surface area contributed by atoms with E-state index in [0.717, 1.165) is 5.56 Å². The second-order valence-electron chi connectivity index (χ2n) is 6.55. The van der Waals surface area contributed by atoms with Gasteiger partial charge in [-0.25, -0.2) is 0 Å². The molecule has 126 valence electrons. The highest BCUT2D eigenvalue weighted by atomic mass is 16.5. The Morgan fingerprint density at radius 1 is 1.22 bits per heavy atom. The summed E-state index contributed by atoms with van der Waals surface area (Å²) in [5.41, 5.74) is 0.0444. The molecular formula is C18H25NO4. The highest BCUT2D eigenvalue weighted by molar-refractivity contribution is 5.85. The first kappa shape index (κ1) is 17.5. The molecule has 2 rings (SSSR count). The number of hydrogen-bond donors (Lipinski definition) is 2. The Morgan fingerprint density at radius 2 is 1.83 bits per heavy atom. The van der Waals surface area contributed by atoms with Gasteiger partial charge in [0.05, 0.1) is 11.3 Å². The van der Waals surface area contributed by atoms with Gasteiger partial charge in [-0.3, -0.25) is 9.59 Å². The fraction of sp³-hybridized carbons (Fsp3) is 0.556. The Morgan fingerprint density at radius 3 is 2.35 bits per heavy atom. The fourth-order valence-electron chi connectivity index (χ4n) is 3.09. The molecule has 1 saturated heterocycles. The quantitative estimate of drug-likeness (QED) is 0.844. The molecule has 1 aliphatic rings. The zero-order valence-electron chi connectivity index (χ0n) is 13.7. The van der Waals surface area contributed by atoms with Gasteiger partial charge in [-0.15, -0.1) is 0 Å². The molecule has 5 heteroatoms. The van der Waals surface area contributed by atoms with E-state index in [1.807, 2.05) is 44.2 Å². The predicted octanol–water partition coefficient (Wildman–Crippen LogP) is 2.42. The van der Waals surface area contributed by atoms with Crippen LogP contribution in [0.1, 0.15) is 38.2 Å². The van der Waals surface area contributed by atoms with Crippen molar-refractivity contribution in [2.75, 3.05) is 19.8 Å². The van der Waals surface area contributed by atoms with Gasteiger partial charge in [0, 0.05) is 19.8 Å². The van der Waals surface area contributed by atoms with Crippen LogP contribution >= 0.6 is 0 Å². The Balaban J connectivity index is 2.08. The average Bonchev–Trinajstić information content (AvgIpc) is 2.54. The summed E-state index contributed by atoms with van der Waals surface area (Å²) in [5, 5.41) is 12.4. The summed E-state index contributed by atoms with van der Waals surface area (Å²) in [7, 11) is 0. The summed E-state index contributed by atoms with van der Waals surface area (Å²) in [4.78, 5) is 24.3. The predicted molar refractivity (Wildman–Crippen MR) is 87.2 cm³/mol. The monoisotopic (exact) mass is 319 g/mol. The van der Waals surface area contributed by atoms with Crippen LogP contribution in [0, 0.1) is 11.3 Å². The number of benzene rings is 1. The molecular weight excluding hydrogens is 294 g/mol. The number of aliphatic carboxylic acids is 1. The maximum Gasteiger partial charge on any atom is 0.311 e. The third-order valence-corrected chi connectivity index (χ3v) is 4.61. The number of hydrogen-bond acceptors (Lipinski definition) is 3. The lowest BCUT2D eigenvalue weighted by Crippen LogP contribution is -2.47. The Labute approximate surface area is 137 Å². The number of rotatable bonds is 6. The molecule has 0 spiro atoms. The lowest BCUT2D eigenvalue weighted by Gasteiger charge is -2.34. The van der Waals surface area contributed by atoms with Crippen molar-refractivity contribution in [3.05, 3.63) is 35.9 Å². The second kappa shape index (κ2) is 7.59. The lowest BCUT2D eigenvalue weighted by atomic mass is 9.79. The number of ether oxygens (including phenoxy) is 1. The molecule has 0 saturated carbocycles. The topological polar surface area (TPSA) is 75.6 Å². The van der Waals surface area contributed by atoms with Crippen molar-refractivity contribution in [2.45, 2.75) is 32.6 Å².